The van der Waals surface area contributed by atoms with E-state index in [1.54, 1.807) is 0 Å². The number of rotatable bonds is 1. The summed E-state index contributed by atoms with van der Waals surface area (Å²) >= 11 is 1.31. The molecule has 1 aliphatic heterocycles. The second-order valence-corrected chi connectivity index (χ2v) is 3.29. The molecule has 0 saturated carbocycles. The van der Waals surface area contributed by atoms with Crippen molar-refractivity contribution in [2.75, 3.05) is 5.75 Å². The number of thioether (sulfide) groups is 1. The molecular weight excluding hydrogens is 140 g/mol. The molecule has 0 aromatic rings. The van der Waals surface area contributed by atoms with Crippen molar-refractivity contribution in [1.82, 2.24) is 0 Å². The van der Waals surface area contributed by atoms with Crippen LogP contribution in [0.2, 0.25) is 0 Å². The lowest BCUT2D eigenvalue weighted by atomic mass is 10.2. The molecule has 1 aliphatic rings. The van der Waals surface area contributed by atoms with Gasteiger partial charge in [-0.2, -0.15) is 0 Å². The molecule has 2 atom stereocenters. The topological polar surface area (TPSA) is 57.5 Å². The number of hydrogen-bond donors (Lipinski definition) is 2. The van der Waals surface area contributed by atoms with Crippen molar-refractivity contribution in [1.29, 1.82) is 0 Å². The second-order valence-electron chi connectivity index (χ2n) is 2.05. The lowest BCUT2D eigenvalue weighted by Crippen LogP contribution is -2.14. The van der Waals surface area contributed by atoms with Crippen LogP contribution in [0.1, 0.15) is 6.42 Å². The zero-order valence-corrected chi connectivity index (χ0v) is 5.60. The normalized spacial score (nSPS) is 34.8. The first kappa shape index (κ1) is 6.89. The largest absolute Gasteiger partial charge is 0.480 e. The summed E-state index contributed by atoms with van der Waals surface area (Å²) in [6, 6.07) is 0. The quantitative estimate of drug-likeness (QED) is 0.547. The van der Waals surface area contributed by atoms with Gasteiger partial charge in [-0.15, -0.1) is 11.8 Å². The second kappa shape index (κ2) is 2.58. The molecule has 1 heterocycles. The van der Waals surface area contributed by atoms with E-state index in [1.165, 1.54) is 11.8 Å². The summed E-state index contributed by atoms with van der Waals surface area (Å²) in [5.41, 5.74) is 0. The molecule has 0 unspecified atom stereocenters. The summed E-state index contributed by atoms with van der Waals surface area (Å²) in [5, 5.41) is 16.9. The van der Waals surface area contributed by atoms with E-state index < -0.39 is 12.1 Å². The van der Waals surface area contributed by atoms with E-state index in [4.69, 9.17) is 10.2 Å². The van der Waals surface area contributed by atoms with Crippen LogP contribution in [-0.4, -0.2) is 33.3 Å². The molecule has 0 amide bonds. The average Bonchev–Trinajstić information content (AvgIpc) is 2.14. The maximum absolute atomic E-state index is 10.2. The van der Waals surface area contributed by atoms with Crippen molar-refractivity contribution < 1.29 is 15.0 Å². The van der Waals surface area contributed by atoms with Crippen molar-refractivity contribution >= 4 is 17.7 Å². The van der Waals surface area contributed by atoms with E-state index in [1.807, 2.05) is 0 Å². The molecular formula is C5H8O3S. The minimum atomic E-state index is -0.809. The molecule has 0 bridgehead atoms. The van der Waals surface area contributed by atoms with Crippen LogP contribution in [0, 0.1) is 0 Å². The van der Waals surface area contributed by atoms with Crippen LogP contribution in [0.4, 0.5) is 0 Å². The molecule has 0 spiro atoms. The Labute approximate surface area is 57.1 Å². The molecule has 52 valence electrons. The van der Waals surface area contributed by atoms with Gasteiger partial charge in [0.15, 0.2) is 0 Å². The van der Waals surface area contributed by atoms with E-state index in [-0.39, 0.29) is 5.25 Å². The van der Waals surface area contributed by atoms with Gasteiger partial charge in [0.1, 0.15) is 5.25 Å². The Hall–Kier alpha value is -0.220. The smallest absolute Gasteiger partial charge is 0.316 e. The fourth-order valence-corrected chi connectivity index (χ4v) is 1.87. The van der Waals surface area contributed by atoms with Gasteiger partial charge in [-0.3, -0.25) is 4.79 Å². The zero-order valence-electron chi connectivity index (χ0n) is 4.78. The summed E-state index contributed by atoms with van der Waals surface area (Å²) < 4.78 is 0. The lowest BCUT2D eigenvalue weighted by Gasteiger charge is -1.98. The van der Waals surface area contributed by atoms with E-state index in [9.17, 15) is 4.79 Å². The number of aliphatic hydroxyl groups excluding tert-OH is 1. The molecule has 9 heavy (non-hydrogen) atoms. The number of carboxylic acids is 1. The van der Waals surface area contributed by atoms with E-state index in [0.29, 0.717) is 12.2 Å². The van der Waals surface area contributed by atoms with Gasteiger partial charge < -0.3 is 10.2 Å². The van der Waals surface area contributed by atoms with Crippen molar-refractivity contribution in [2.45, 2.75) is 17.8 Å². The maximum Gasteiger partial charge on any atom is 0.316 e. The first-order valence-corrected chi connectivity index (χ1v) is 3.77. The van der Waals surface area contributed by atoms with Crippen LogP contribution < -0.4 is 0 Å². The third kappa shape index (κ3) is 1.59. The predicted octanol–water partition coefficient (Wildman–Crippen LogP) is -0.0626. The summed E-state index contributed by atoms with van der Waals surface area (Å²) in [7, 11) is 0. The van der Waals surface area contributed by atoms with Crippen molar-refractivity contribution in [2.24, 2.45) is 0 Å². The van der Waals surface area contributed by atoms with Gasteiger partial charge in [0.05, 0.1) is 6.10 Å². The fraction of sp³-hybridized carbons (Fsp3) is 0.800. The summed E-state index contributed by atoms with van der Waals surface area (Å²) in [6.45, 7) is 0. The van der Waals surface area contributed by atoms with Gasteiger partial charge in [-0.05, 0) is 6.42 Å². The molecule has 2 N–H and O–H groups in total. The first-order chi connectivity index (χ1) is 4.20. The first-order valence-electron chi connectivity index (χ1n) is 2.72. The molecule has 0 radical (unpaired) electrons. The van der Waals surface area contributed by atoms with Crippen LogP contribution in [-0.2, 0) is 4.79 Å². The summed E-state index contributed by atoms with van der Waals surface area (Å²) in [5.74, 6) is -0.242. The van der Waals surface area contributed by atoms with E-state index >= 15 is 0 Å². The van der Waals surface area contributed by atoms with Crippen LogP contribution in [0.5, 0.6) is 0 Å². The highest BCUT2D eigenvalue weighted by Gasteiger charge is 2.28. The SMILES string of the molecule is O=C(O)[C@@H]1C[C@H](O)CS1. The zero-order chi connectivity index (χ0) is 6.85. The lowest BCUT2D eigenvalue weighted by molar-refractivity contribution is -0.136. The van der Waals surface area contributed by atoms with Crippen molar-refractivity contribution in [3.8, 4) is 0 Å². The van der Waals surface area contributed by atoms with E-state index in [2.05, 4.69) is 0 Å². The summed E-state index contributed by atoms with van der Waals surface area (Å²) in [4.78, 5) is 10.2. The Bertz CT molecular complexity index is 125. The Morgan fingerprint density at radius 2 is 2.33 bits per heavy atom. The highest BCUT2D eigenvalue weighted by Crippen LogP contribution is 2.26. The van der Waals surface area contributed by atoms with E-state index in [0.717, 1.165) is 0 Å². The molecule has 3 nitrogen and oxygen atoms in total. The fourth-order valence-electron chi connectivity index (χ4n) is 0.783. The van der Waals surface area contributed by atoms with Gasteiger partial charge in [-0.25, -0.2) is 0 Å². The maximum atomic E-state index is 10.2. The van der Waals surface area contributed by atoms with Gasteiger partial charge >= 0.3 is 5.97 Å². The predicted molar refractivity (Wildman–Crippen MR) is 34.5 cm³/mol. The van der Waals surface area contributed by atoms with Gasteiger partial charge in [0.2, 0.25) is 0 Å². The van der Waals surface area contributed by atoms with Crippen LogP contribution in [0.25, 0.3) is 0 Å². The van der Waals surface area contributed by atoms with Crippen molar-refractivity contribution in [3.63, 3.8) is 0 Å². The van der Waals surface area contributed by atoms with Crippen LogP contribution in [0.3, 0.4) is 0 Å². The minimum absolute atomic E-state index is 0.375. The molecule has 4 heteroatoms. The molecule has 0 aromatic carbocycles. The monoisotopic (exact) mass is 148 g/mol. The number of aliphatic hydroxyl groups is 1. The number of carboxylic acid groups (broad SMARTS) is 1. The number of hydrogen-bond acceptors (Lipinski definition) is 3. The third-order valence-electron chi connectivity index (χ3n) is 1.25. The van der Waals surface area contributed by atoms with Crippen molar-refractivity contribution in [3.05, 3.63) is 0 Å². The standard InChI is InChI=1S/C5H8O3S/c6-3-1-4(5(7)8)9-2-3/h3-4,6H,1-2H2,(H,7,8)/t3-,4-/m0/s1. The molecule has 1 saturated heterocycles. The minimum Gasteiger partial charge on any atom is -0.480 e. The number of aliphatic carboxylic acids is 1. The average molecular weight is 148 g/mol. The highest BCUT2D eigenvalue weighted by molar-refractivity contribution is 8.00. The van der Waals surface area contributed by atoms with Gasteiger partial charge in [0, 0.05) is 5.75 Å². The third-order valence-corrected chi connectivity index (χ3v) is 2.63. The van der Waals surface area contributed by atoms with Gasteiger partial charge in [0.25, 0.3) is 0 Å². The Morgan fingerprint density at radius 3 is 2.56 bits per heavy atom. The molecule has 0 aromatic heterocycles. The Morgan fingerprint density at radius 1 is 1.67 bits per heavy atom. The molecule has 1 fully saturated rings. The van der Waals surface area contributed by atoms with Gasteiger partial charge in [-0.1, -0.05) is 0 Å². The molecule has 0 aliphatic carbocycles. The number of carbonyl (C=O) groups is 1. The highest BCUT2D eigenvalue weighted by atomic mass is 32.2. The Kier molecular flexibility index (Phi) is 1.97. The van der Waals surface area contributed by atoms with Crippen LogP contribution in [0.15, 0.2) is 0 Å². The Balaban J connectivity index is 2.39. The van der Waals surface area contributed by atoms with Crippen LogP contribution >= 0.6 is 11.8 Å². The summed E-state index contributed by atoms with van der Waals surface area (Å²) in [6.07, 6.45) is -0.00361. The molecule has 1 rings (SSSR count).